The fourth-order valence-corrected chi connectivity index (χ4v) is 8.49. The molecule has 4 fully saturated rings. The predicted molar refractivity (Wildman–Crippen MR) is 143 cm³/mol. The molecule has 1 aromatic carbocycles. The minimum atomic E-state index is -4.16. The lowest BCUT2D eigenvalue weighted by atomic mass is 9.48. The van der Waals surface area contributed by atoms with Gasteiger partial charge in [-0.25, -0.2) is 4.39 Å². The molecule has 0 aliphatic heterocycles. The van der Waals surface area contributed by atoms with Gasteiger partial charge in [0.15, 0.2) is 0 Å². The molecule has 0 spiro atoms. The lowest BCUT2D eigenvalue weighted by Gasteiger charge is -2.56. The number of hydrogen-bond donors (Lipinski definition) is 3. The molecule has 4 saturated carbocycles. The van der Waals surface area contributed by atoms with E-state index in [2.05, 4.69) is 17.6 Å². The van der Waals surface area contributed by atoms with Crippen molar-refractivity contribution < 1.29 is 28.9 Å². The lowest BCUT2D eigenvalue weighted by molar-refractivity contribution is -0.138. The molecular formula is C30H35FNO5P. The molecule has 8 heteroatoms. The number of rotatable bonds is 7. The largest absolute Gasteiger partial charge is 0.481 e. The number of nitrogens with zero attached hydrogens (tertiary/aromatic N) is 1. The van der Waals surface area contributed by atoms with Gasteiger partial charge in [-0.15, -0.1) is 0 Å². The number of benzene rings is 1. The summed E-state index contributed by atoms with van der Waals surface area (Å²) in [5.74, 6) is 3.47. The molecule has 1 unspecified atom stereocenters. The molecule has 4 bridgehead atoms. The smallest absolute Gasteiger partial charge is 0.305 e. The van der Waals surface area contributed by atoms with Crippen LogP contribution < -0.4 is 0 Å². The highest BCUT2D eigenvalue weighted by molar-refractivity contribution is 7.63. The van der Waals surface area contributed by atoms with Gasteiger partial charge in [0, 0.05) is 16.7 Å². The molecule has 3 N–H and O–H groups in total. The molecule has 6 rings (SSSR count). The molecule has 0 amide bonds. The van der Waals surface area contributed by atoms with Crippen LogP contribution in [0.15, 0.2) is 30.3 Å². The number of carboxylic acids is 1. The van der Waals surface area contributed by atoms with Crippen LogP contribution in [-0.4, -0.2) is 38.3 Å². The highest BCUT2D eigenvalue weighted by Gasteiger charge is 2.52. The summed E-state index contributed by atoms with van der Waals surface area (Å²) in [4.78, 5) is 26.5. The van der Waals surface area contributed by atoms with Gasteiger partial charge in [0.2, 0.25) is 0 Å². The van der Waals surface area contributed by atoms with E-state index in [9.17, 15) is 23.7 Å². The molecule has 2 atom stereocenters. The number of aliphatic carboxylic acids is 1. The Hall–Kier alpha value is -2.52. The highest BCUT2D eigenvalue weighted by atomic mass is 31.2. The predicted octanol–water partition coefficient (Wildman–Crippen LogP) is 5.89. The maximum Gasteiger partial charge on any atom is 0.305 e. The van der Waals surface area contributed by atoms with Crippen molar-refractivity contribution in [2.45, 2.75) is 76.2 Å². The number of aliphatic hydroxyl groups is 1. The molecule has 6 nitrogen and oxygen atoms in total. The molecule has 1 aromatic heterocycles. The molecule has 0 radical (unpaired) electrons. The Morgan fingerprint density at radius 1 is 1.13 bits per heavy atom. The second-order valence-electron chi connectivity index (χ2n) is 12.0. The second-order valence-corrected chi connectivity index (χ2v) is 14.0. The Bertz CT molecular complexity index is 1310. The summed E-state index contributed by atoms with van der Waals surface area (Å²) in [6.07, 6.45) is 4.58. The summed E-state index contributed by atoms with van der Waals surface area (Å²) in [6.45, 7) is 4.03. The topological polar surface area (TPSA) is 108 Å². The fraction of sp³-hybridized carbons (Fsp3) is 0.533. The van der Waals surface area contributed by atoms with Crippen LogP contribution in [0.25, 0.3) is 11.1 Å². The molecule has 4 aliphatic carbocycles. The van der Waals surface area contributed by atoms with Crippen LogP contribution in [0.5, 0.6) is 0 Å². The third kappa shape index (κ3) is 5.59. The van der Waals surface area contributed by atoms with E-state index in [1.54, 1.807) is 12.1 Å². The maximum absolute atomic E-state index is 13.8. The Labute approximate surface area is 223 Å². The average Bonchev–Trinajstić information content (AvgIpc) is 2.81. The van der Waals surface area contributed by atoms with E-state index in [0.717, 1.165) is 59.5 Å². The molecule has 38 heavy (non-hydrogen) atoms. The van der Waals surface area contributed by atoms with E-state index in [1.165, 1.54) is 31.4 Å². The van der Waals surface area contributed by atoms with Gasteiger partial charge in [0.05, 0.1) is 29.9 Å². The third-order valence-electron chi connectivity index (χ3n) is 8.56. The van der Waals surface area contributed by atoms with Crippen LogP contribution in [0.1, 0.15) is 81.7 Å². The van der Waals surface area contributed by atoms with Crippen LogP contribution in [0, 0.1) is 35.2 Å². The van der Waals surface area contributed by atoms with Crippen LogP contribution in [0.4, 0.5) is 4.39 Å². The number of pyridine rings is 1. The summed E-state index contributed by atoms with van der Waals surface area (Å²) in [6, 6.07) is 8.24. The van der Waals surface area contributed by atoms with Gasteiger partial charge in [-0.2, -0.15) is 0 Å². The standard InChI is InChI=1S/C30H35FNO5P/c1-18(2)29-25(7-8-38(36,37)17-24(33)12-28(34)35)26(22-3-5-23(31)6-4-22)13-27(32-29)30-14-19-9-20(15-30)11-21(10-19)16-30/h3-6,13,18-21,24,33H,9-12,14-17H2,1-2H3,(H,34,35)(H,36,37)/t19?,20?,21?,24-,30?/m0/s1. The average molecular weight is 540 g/mol. The number of carboxylic acid groups (broad SMARTS) is 1. The number of aliphatic hydroxyl groups excluding tert-OH is 1. The molecule has 1 heterocycles. The van der Waals surface area contributed by atoms with Crippen molar-refractivity contribution in [3.63, 3.8) is 0 Å². The first-order valence-corrected chi connectivity index (χ1v) is 15.3. The first-order valence-electron chi connectivity index (χ1n) is 13.5. The van der Waals surface area contributed by atoms with Gasteiger partial charge in [0.1, 0.15) is 5.82 Å². The molecular weight excluding hydrogens is 504 g/mol. The Balaban J connectivity index is 1.62. The normalized spacial score (nSPS) is 28.0. The number of hydrogen-bond acceptors (Lipinski definition) is 4. The zero-order chi connectivity index (χ0) is 27.2. The van der Waals surface area contributed by atoms with Crippen molar-refractivity contribution in [3.05, 3.63) is 53.1 Å². The quantitative estimate of drug-likeness (QED) is 0.299. The van der Waals surface area contributed by atoms with Crippen LogP contribution in [-0.2, 0) is 14.8 Å². The van der Waals surface area contributed by atoms with E-state index in [-0.39, 0.29) is 17.2 Å². The van der Waals surface area contributed by atoms with E-state index < -0.39 is 32.0 Å². The van der Waals surface area contributed by atoms with E-state index in [0.29, 0.717) is 5.56 Å². The van der Waals surface area contributed by atoms with Crippen molar-refractivity contribution in [1.82, 2.24) is 4.98 Å². The summed E-state index contributed by atoms with van der Waals surface area (Å²) in [5.41, 5.74) is 6.28. The van der Waals surface area contributed by atoms with Gasteiger partial charge in [-0.1, -0.05) is 31.9 Å². The van der Waals surface area contributed by atoms with Gasteiger partial charge < -0.3 is 15.1 Å². The number of halogens is 1. The van der Waals surface area contributed by atoms with Gasteiger partial charge in [0.25, 0.3) is 7.37 Å². The number of aromatic nitrogens is 1. The monoisotopic (exact) mass is 539 g/mol. The summed E-state index contributed by atoms with van der Waals surface area (Å²) in [7, 11) is -4.16. The molecule has 4 aliphatic rings. The van der Waals surface area contributed by atoms with Gasteiger partial charge in [-0.3, -0.25) is 14.3 Å². The van der Waals surface area contributed by atoms with Crippen LogP contribution in [0.3, 0.4) is 0 Å². The Kier molecular flexibility index (Phi) is 7.28. The van der Waals surface area contributed by atoms with Crippen LogP contribution in [0.2, 0.25) is 0 Å². The first kappa shape index (κ1) is 27.1. The lowest BCUT2D eigenvalue weighted by Crippen LogP contribution is -2.49. The minimum absolute atomic E-state index is 0.0202. The van der Waals surface area contributed by atoms with Crippen molar-refractivity contribution in [1.29, 1.82) is 0 Å². The molecule has 202 valence electrons. The van der Waals surface area contributed by atoms with E-state index >= 15 is 0 Å². The van der Waals surface area contributed by atoms with Crippen molar-refractivity contribution in [3.8, 4) is 22.7 Å². The molecule has 0 saturated heterocycles. The van der Waals surface area contributed by atoms with Gasteiger partial charge in [-0.05, 0) is 91.6 Å². The van der Waals surface area contributed by atoms with Crippen molar-refractivity contribution in [2.75, 3.05) is 6.16 Å². The molecule has 2 aromatic rings. The second kappa shape index (κ2) is 10.2. The van der Waals surface area contributed by atoms with Gasteiger partial charge >= 0.3 is 5.97 Å². The highest BCUT2D eigenvalue weighted by Crippen LogP contribution is 2.60. The minimum Gasteiger partial charge on any atom is -0.481 e. The SMILES string of the molecule is CC(C)c1nc(C23CC4CC(CC(C4)C2)C3)cc(-c2ccc(F)cc2)c1C#CP(=O)(O)C[C@@H](O)CC(=O)O. The van der Waals surface area contributed by atoms with E-state index in [4.69, 9.17) is 10.1 Å². The van der Waals surface area contributed by atoms with E-state index in [1.807, 2.05) is 13.8 Å². The summed E-state index contributed by atoms with van der Waals surface area (Å²) < 4.78 is 26.6. The third-order valence-corrected chi connectivity index (χ3v) is 9.93. The Morgan fingerprint density at radius 2 is 1.71 bits per heavy atom. The fourth-order valence-electron chi connectivity index (χ4n) is 7.41. The zero-order valence-corrected chi connectivity index (χ0v) is 22.8. The number of carbonyl (C=O) groups is 1. The van der Waals surface area contributed by atoms with Crippen LogP contribution >= 0.6 is 7.37 Å². The maximum atomic E-state index is 13.8. The first-order chi connectivity index (χ1) is 17.9. The van der Waals surface area contributed by atoms with Crippen molar-refractivity contribution >= 4 is 13.3 Å². The Morgan fingerprint density at radius 3 is 2.24 bits per heavy atom. The zero-order valence-electron chi connectivity index (χ0n) is 21.9. The summed E-state index contributed by atoms with van der Waals surface area (Å²) in [5, 5.41) is 18.8. The summed E-state index contributed by atoms with van der Waals surface area (Å²) >= 11 is 0. The van der Waals surface area contributed by atoms with Crippen molar-refractivity contribution in [2.24, 2.45) is 17.8 Å².